The van der Waals surface area contributed by atoms with Crippen LogP contribution in [-0.4, -0.2) is 74.6 Å². The molecule has 1 amide bonds. The van der Waals surface area contributed by atoms with Gasteiger partial charge in [0.1, 0.15) is 5.60 Å². The van der Waals surface area contributed by atoms with Crippen molar-refractivity contribution in [1.29, 1.82) is 0 Å². The molecule has 0 spiro atoms. The highest BCUT2D eigenvalue weighted by molar-refractivity contribution is 7.89. The molecule has 1 aromatic rings. The average Bonchev–Trinajstić information content (AvgIpc) is 3.02. The van der Waals surface area contributed by atoms with E-state index < -0.39 is 15.6 Å². The SMILES string of the molecule is CC(C)(C)OC(=O)N1CCN2C(NCCc3ccc(S(N)(=O)=O)cc3)=NCC2C1. The maximum atomic E-state index is 12.3. The summed E-state index contributed by atoms with van der Waals surface area (Å²) in [5.74, 6) is 0.847. The van der Waals surface area contributed by atoms with Crippen molar-refractivity contribution in [3.8, 4) is 0 Å². The molecule has 1 aromatic carbocycles. The zero-order valence-electron chi connectivity index (χ0n) is 17.1. The number of nitrogens with one attached hydrogen (secondary N) is 1. The van der Waals surface area contributed by atoms with Crippen LogP contribution in [0.4, 0.5) is 4.79 Å². The van der Waals surface area contributed by atoms with Crippen molar-refractivity contribution in [1.82, 2.24) is 15.1 Å². The van der Waals surface area contributed by atoms with Crippen molar-refractivity contribution < 1.29 is 17.9 Å². The number of fused-ring (bicyclic) bond motifs is 1. The minimum absolute atomic E-state index is 0.111. The lowest BCUT2D eigenvalue weighted by Crippen LogP contribution is -2.57. The van der Waals surface area contributed by atoms with Crippen LogP contribution in [0, 0.1) is 0 Å². The van der Waals surface area contributed by atoms with E-state index in [-0.39, 0.29) is 17.0 Å². The van der Waals surface area contributed by atoms with Crippen LogP contribution in [0.25, 0.3) is 0 Å². The molecule has 1 atom stereocenters. The van der Waals surface area contributed by atoms with E-state index in [2.05, 4.69) is 15.2 Å². The molecule has 1 unspecified atom stereocenters. The predicted octanol–water partition coefficient (Wildman–Crippen LogP) is 0.757. The van der Waals surface area contributed by atoms with Gasteiger partial charge in [0.25, 0.3) is 0 Å². The monoisotopic (exact) mass is 423 g/mol. The summed E-state index contributed by atoms with van der Waals surface area (Å²) in [6, 6.07) is 6.72. The van der Waals surface area contributed by atoms with E-state index in [0.717, 1.165) is 17.9 Å². The van der Waals surface area contributed by atoms with E-state index in [1.165, 1.54) is 12.1 Å². The molecule has 1 fully saturated rings. The Morgan fingerprint density at radius 1 is 1.28 bits per heavy atom. The molecule has 3 rings (SSSR count). The van der Waals surface area contributed by atoms with Crippen LogP contribution in [0.5, 0.6) is 0 Å². The van der Waals surface area contributed by atoms with E-state index >= 15 is 0 Å². The number of amides is 1. The third kappa shape index (κ3) is 5.60. The number of aliphatic imine (C=N–C) groups is 1. The van der Waals surface area contributed by atoms with Gasteiger partial charge >= 0.3 is 6.09 Å². The topological polar surface area (TPSA) is 117 Å². The number of piperazine rings is 1. The van der Waals surface area contributed by atoms with E-state index in [1.807, 2.05) is 20.8 Å². The zero-order chi connectivity index (χ0) is 21.2. The van der Waals surface area contributed by atoms with Gasteiger partial charge in [-0.2, -0.15) is 0 Å². The lowest BCUT2D eigenvalue weighted by molar-refractivity contribution is 0.0137. The Kier molecular flexibility index (Phi) is 6.04. The molecule has 0 aromatic heterocycles. The summed E-state index contributed by atoms with van der Waals surface area (Å²) in [7, 11) is -3.67. The molecule has 9 nitrogen and oxygen atoms in total. The Labute approximate surface area is 172 Å². The standard InChI is InChI=1S/C19H29N5O4S/c1-19(2,3)28-18(25)23-10-11-24-15(13-23)12-22-17(24)21-9-8-14-4-6-16(7-5-14)29(20,26)27/h4-7,15H,8-13H2,1-3H3,(H,21,22)(H2,20,26,27). The first-order chi connectivity index (χ1) is 13.5. The van der Waals surface area contributed by atoms with Gasteiger partial charge in [0.15, 0.2) is 5.96 Å². The second-order valence-corrected chi connectivity index (χ2v) is 9.87. The van der Waals surface area contributed by atoms with Gasteiger partial charge < -0.3 is 19.9 Å². The number of hydrogen-bond donors (Lipinski definition) is 2. The van der Waals surface area contributed by atoms with Gasteiger partial charge in [0.05, 0.1) is 17.5 Å². The minimum atomic E-state index is -3.67. The summed E-state index contributed by atoms with van der Waals surface area (Å²) in [4.78, 5) is 20.9. The van der Waals surface area contributed by atoms with Crippen molar-refractivity contribution in [2.24, 2.45) is 10.1 Å². The number of nitrogens with two attached hydrogens (primary N) is 1. The van der Waals surface area contributed by atoms with Gasteiger partial charge in [-0.15, -0.1) is 0 Å². The molecular formula is C19H29N5O4S. The number of primary sulfonamides is 1. The van der Waals surface area contributed by atoms with Crippen molar-refractivity contribution in [2.75, 3.05) is 32.7 Å². The fraction of sp³-hybridized carbons (Fsp3) is 0.579. The quantitative estimate of drug-likeness (QED) is 0.738. The first kappa shape index (κ1) is 21.4. The van der Waals surface area contributed by atoms with Crippen molar-refractivity contribution in [2.45, 2.75) is 43.7 Å². The van der Waals surface area contributed by atoms with Gasteiger partial charge in [-0.25, -0.2) is 18.4 Å². The molecule has 29 heavy (non-hydrogen) atoms. The summed E-state index contributed by atoms with van der Waals surface area (Å²) in [5.41, 5.74) is 0.509. The van der Waals surface area contributed by atoms with Gasteiger partial charge in [-0.05, 0) is 44.9 Å². The molecular weight excluding hydrogens is 394 g/mol. The minimum Gasteiger partial charge on any atom is -0.444 e. The van der Waals surface area contributed by atoms with Crippen LogP contribution >= 0.6 is 0 Å². The molecule has 0 aliphatic carbocycles. The third-order valence-corrected chi connectivity index (χ3v) is 5.74. The van der Waals surface area contributed by atoms with Gasteiger partial charge in [-0.1, -0.05) is 12.1 Å². The average molecular weight is 424 g/mol. The van der Waals surface area contributed by atoms with E-state index in [9.17, 15) is 13.2 Å². The summed E-state index contributed by atoms with van der Waals surface area (Å²) in [6.07, 6.45) is 0.452. The van der Waals surface area contributed by atoms with E-state index in [4.69, 9.17) is 9.88 Å². The van der Waals surface area contributed by atoms with Gasteiger partial charge in [0.2, 0.25) is 10.0 Å². The van der Waals surface area contributed by atoms with Crippen LogP contribution in [0.3, 0.4) is 0 Å². The lowest BCUT2D eigenvalue weighted by atomic mass is 10.1. The number of carbonyl (C=O) groups excluding carboxylic acids is 1. The normalized spacial score (nSPS) is 19.6. The highest BCUT2D eigenvalue weighted by Crippen LogP contribution is 2.18. The number of carbonyl (C=O) groups is 1. The predicted molar refractivity (Wildman–Crippen MR) is 110 cm³/mol. The Morgan fingerprint density at radius 2 is 1.97 bits per heavy atom. The summed E-state index contributed by atoms with van der Waals surface area (Å²) in [6.45, 7) is 8.81. The number of nitrogens with zero attached hydrogens (tertiary/aromatic N) is 3. The largest absolute Gasteiger partial charge is 0.444 e. The molecule has 2 aliphatic heterocycles. The Hall–Kier alpha value is -2.33. The third-order valence-electron chi connectivity index (χ3n) is 4.81. The number of benzene rings is 1. The molecule has 2 aliphatic rings. The fourth-order valence-corrected chi connectivity index (χ4v) is 3.90. The molecule has 0 bridgehead atoms. The van der Waals surface area contributed by atoms with Crippen molar-refractivity contribution >= 4 is 22.1 Å². The van der Waals surface area contributed by atoms with Crippen LogP contribution in [0.1, 0.15) is 26.3 Å². The van der Waals surface area contributed by atoms with Crippen LogP contribution in [-0.2, 0) is 21.2 Å². The molecule has 10 heteroatoms. The highest BCUT2D eigenvalue weighted by atomic mass is 32.2. The van der Waals surface area contributed by atoms with Gasteiger partial charge in [0, 0.05) is 26.2 Å². The molecule has 3 N–H and O–H groups in total. The van der Waals surface area contributed by atoms with Gasteiger partial charge in [-0.3, -0.25) is 4.99 Å². The molecule has 160 valence electrons. The molecule has 0 radical (unpaired) electrons. The molecule has 2 heterocycles. The number of sulfonamides is 1. The number of ether oxygens (including phenoxy) is 1. The van der Waals surface area contributed by atoms with E-state index in [0.29, 0.717) is 32.7 Å². The lowest BCUT2D eigenvalue weighted by Gasteiger charge is -2.39. The zero-order valence-corrected chi connectivity index (χ0v) is 17.9. The van der Waals surface area contributed by atoms with E-state index in [1.54, 1.807) is 17.0 Å². The Bertz CT molecular complexity index is 877. The Balaban J connectivity index is 1.47. The maximum Gasteiger partial charge on any atom is 0.410 e. The Morgan fingerprint density at radius 3 is 2.59 bits per heavy atom. The highest BCUT2D eigenvalue weighted by Gasteiger charge is 2.36. The number of hydrogen-bond acceptors (Lipinski definition) is 7. The summed E-state index contributed by atoms with van der Waals surface area (Å²) < 4.78 is 28.1. The fourth-order valence-electron chi connectivity index (χ4n) is 3.39. The summed E-state index contributed by atoms with van der Waals surface area (Å²) in [5, 5.41) is 8.47. The van der Waals surface area contributed by atoms with Crippen LogP contribution < -0.4 is 10.5 Å². The summed E-state index contributed by atoms with van der Waals surface area (Å²) >= 11 is 0. The van der Waals surface area contributed by atoms with Crippen LogP contribution in [0.2, 0.25) is 0 Å². The van der Waals surface area contributed by atoms with Crippen molar-refractivity contribution in [3.63, 3.8) is 0 Å². The first-order valence-electron chi connectivity index (χ1n) is 9.67. The first-order valence-corrected chi connectivity index (χ1v) is 11.2. The van der Waals surface area contributed by atoms with Crippen LogP contribution in [0.15, 0.2) is 34.2 Å². The van der Waals surface area contributed by atoms with Crippen molar-refractivity contribution in [3.05, 3.63) is 29.8 Å². The smallest absolute Gasteiger partial charge is 0.410 e. The second-order valence-electron chi connectivity index (χ2n) is 8.30. The molecule has 1 saturated heterocycles. The number of guanidine groups is 1. The second kappa shape index (κ2) is 8.19. The maximum absolute atomic E-state index is 12.3. The number of rotatable bonds is 4. The molecule has 0 saturated carbocycles.